The molecule has 1 unspecified atom stereocenters. The maximum absolute atomic E-state index is 5.98. The lowest BCUT2D eigenvalue weighted by Crippen LogP contribution is -2.34. The summed E-state index contributed by atoms with van der Waals surface area (Å²) in [7, 11) is 0. The quantitative estimate of drug-likeness (QED) is 0.928. The van der Waals surface area contributed by atoms with Crippen LogP contribution in [0.15, 0.2) is 28.8 Å². The van der Waals surface area contributed by atoms with Gasteiger partial charge in [0.25, 0.3) is 0 Å². The third-order valence-electron chi connectivity index (χ3n) is 3.36. The standard InChI is InChI=1S/C15H19N3O2/c1-15(2,16)9-13-17-14(18-20-13)11-7-8-19-12-6-4-3-5-10(11)12/h3-6,11H,7-9,16H2,1-2H3. The molecule has 1 aromatic heterocycles. The Morgan fingerprint density at radius 2 is 2.15 bits per heavy atom. The highest BCUT2D eigenvalue weighted by atomic mass is 16.5. The van der Waals surface area contributed by atoms with Gasteiger partial charge in [0, 0.05) is 17.5 Å². The van der Waals surface area contributed by atoms with Crippen LogP contribution in [0.4, 0.5) is 0 Å². The number of rotatable bonds is 3. The predicted molar refractivity (Wildman–Crippen MR) is 74.7 cm³/mol. The van der Waals surface area contributed by atoms with Crippen molar-refractivity contribution in [2.24, 2.45) is 5.73 Å². The SMILES string of the molecule is CC(C)(N)Cc1nc(C2CCOc3ccccc32)no1. The zero-order valence-corrected chi connectivity index (χ0v) is 11.8. The van der Waals surface area contributed by atoms with E-state index >= 15 is 0 Å². The maximum atomic E-state index is 5.98. The molecule has 1 atom stereocenters. The number of ether oxygens (including phenoxy) is 1. The summed E-state index contributed by atoms with van der Waals surface area (Å²) in [4.78, 5) is 4.50. The molecule has 0 radical (unpaired) electrons. The van der Waals surface area contributed by atoms with Gasteiger partial charge < -0.3 is 15.0 Å². The van der Waals surface area contributed by atoms with Crippen LogP contribution in [0, 0.1) is 0 Å². The molecular formula is C15H19N3O2. The number of para-hydroxylation sites is 1. The van der Waals surface area contributed by atoms with Gasteiger partial charge in [0.05, 0.1) is 12.5 Å². The molecule has 106 valence electrons. The third-order valence-corrected chi connectivity index (χ3v) is 3.36. The molecular weight excluding hydrogens is 254 g/mol. The Morgan fingerprint density at radius 1 is 1.35 bits per heavy atom. The van der Waals surface area contributed by atoms with E-state index in [4.69, 9.17) is 15.0 Å². The summed E-state index contributed by atoms with van der Waals surface area (Å²) in [5.74, 6) is 2.36. The van der Waals surface area contributed by atoms with E-state index < -0.39 is 0 Å². The monoisotopic (exact) mass is 273 g/mol. The molecule has 1 aromatic carbocycles. The van der Waals surface area contributed by atoms with E-state index in [0.717, 1.165) is 23.6 Å². The number of hydrogen-bond donors (Lipinski definition) is 1. The minimum absolute atomic E-state index is 0.137. The van der Waals surface area contributed by atoms with Crippen molar-refractivity contribution in [3.8, 4) is 5.75 Å². The second-order valence-electron chi connectivity index (χ2n) is 5.94. The van der Waals surface area contributed by atoms with Crippen molar-refractivity contribution >= 4 is 0 Å². The Kier molecular flexibility index (Phi) is 3.22. The first-order chi connectivity index (χ1) is 9.53. The molecule has 2 N–H and O–H groups in total. The molecule has 0 saturated carbocycles. The third kappa shape index (κ3) is 2.67. The molecule has 3 rings (SSSR count). The lowest BCUT2D eigenvalue weighted by Gasteiger charge is -2.23. The normalized spacial score (nSPS) is 18.4. The van der Waals surface area contributed by atoms with Gasteiger partial charge >= 0.3 is 0 Å². The number of nitrogens with two attached hydrogens (primary N) is 1. The van der Waals surface area contributed by atoms with Crippen molar-refractivity contribution in [3.05, 3.63) is 41.5 Å². The van der Waals surface area contributed by atoms with Gasteiger partial charge in [-0.15, -0.1) is 0 Å². The molecule has 2 aromatic rings. The second-order valence-corrected chi connectivity index (χ2v) is 5.94. The van der Waals surface area contributed by atoms with E-state index in [2.05, 4.69) is 16.2 Å². The van der Waals surface area contributed by atoms with E-state index in [-0.39, 0.29) is 11.5 Å². The molecule has 0 bridgehead atoms. The molecule has 20 heavy (non-hydrogen) atoms. The number of fused-ring (bicyclic) bond motifs is 1. The first-order valence-corrected chi connectivity index (χ1v) is 6.86. The Labute approximate surface area is 118 Å². The molecule has 0 aliphatic carbocycles. The van der Waals surface area contributed by atoms with Crippen molar-refractivity contribution < 1.29 is 9.26 Å². The number of hydrogen-bond acceptors (Lipinski definition) is 5. The topological polar surface area (TPSA) is 74.2 Å². The van der Waals surface area contributed by atoms with Gasteiger partial charge in [-0.2, -0.15) is 4.98 Å². The Hall–Kier alpha value is -1.88. The van der Waals surface area contributed by atoms with Gasteiger partial charge in [-0.05, 0) is 26.3 Å². The number of nitrogens with zero attached hydrogens (tertiary/aromatic N) is 2. The summed E-state index contributed by atoms with van der Waals surface area (Å²) in [6, 6.07) is 8.01. The molecule has 5 heteroatoms. The average molecular weight is 273 g/mol. The van der Waals surface area contributed by atoms with Gasteiger partial charge in [-0.1, -0.05) is 23.4 Å². The predicted octanol–water partition coefficient (Wildman–Crippen LogP) is 2.26. The summed E-state index contributed by atoms with van der Waals surface area (Å²) >= 11 is 0. The summed E-state index contributed by atoms with van der Waals surface area (Å²) in [5, 5.41) is 4.13. The van der Waals surface area contributed by atoms with Crippen LogP contribution in [0.25, 0.3) is 0 Å². The molecule has 0 fully saturated rings. The van der Waals surface area contributed by atoms with Gasteiger partial charge in [-0.3, -0.25) is 0 Å². The van der Waals surface area contributed by atoms with E-state index in [0.29, 0.717) is 18.9 Å². The minimum atomic E-state index is -0.350. The summed E-state index contributed by atoms with van der Waals surface area (Å²) < 4.78 is 11.0. The maximum Gasteiger partial charge on any atom is 0.228 e. The molecule has 0 spiro atoms. The van der Waals surface area contributed by atoms with Gasteiger partial charge in [0.15, 0.2) is 5.82 Å². The van der Waals surface area contributed by atoms with Crippen molar-refractivity contribution in [1.82, 2.24) is 10.1 Å². The van der Waals surface area contributed by atoms with Crippen molar-refractivity contribution in [1.29, 1.82) is 0 Å². The fraction of sp³-hybridized carbons (Fsp3) is 0.467. The first-order valence-electron chi connectivity index (χ1n) is 6.86. The van der Waals surface area contributed by atoms with Crippen LogP contribution in [0.1, 0.15) is 43.5 Å². The van der Waals surface area contributed by atoms with E-state index in [1.165, 1.54) is 0 Å². The summed E-state index contributed by atoms with van der Waals surface area (Å²) in [6.45, 7) is 4.56. The highest BCUT2D eigenvalue weighted by molar-refractivity contribution is 5.40. The molecule has 0 amide bonds. The highest BCUT2D eigenvalue weighted by Crippen LogP contribution is 2.36. The highest BCUT2D eigenvalue weighted by Gasteiger charge is 2.27. The zero-order valence-electron chi connectivity index (χ0n) is 11.8. The van der Waals surface area contributed by atoms with Gasteiger partial charge in [0.1, 0.15) is 5.75 Å². The summed E-state index contributed by atoms with van der Waals surface area (Å²) in [6.07, 6.45) is 1.44. The van der Waals surface area contributed by atoms with Crippen LogP contribution in [0.5, 0.6) is 5.75 Å². The lowest BCUT2D eigenvalue weighted by atomic mass is 9.92. The molecule has 0 saturated heterocycles. The molecule has 1 aliphatic heterocycles. The van der Waals surface area contributed by atoms with Crippen LogP contribution in [-0.2, 0) is 6.42 Å². The molecule has 2 heterocycles. The fourth-order valence-corrected chi connectivity index (χ4v) is 2.48. The lowest BCUT2D eigenvalue weighted by molar-refractivity contribution is 0.272. The molecule has 5 nitrogen and oxygen atoms in total. The zero-order chi connectivity index (χ0) is 14.2. The van der Waals surface area contributed by atoms with Crippen LogP contribution >= 0.6 is 0 Å². The van der Waals surface area contributed by atoms with Crippen LogP contribution in [0.2, 0.25) is 0 Å². The first kappa shape index (κ1) is 13.1. The number of benzene rings is 1. The Balaban J connectivity index is 1.88. The smallest absolute Gasteiger partial charge is 0.228 e. The molecule has 1 aliphatic rings. The average Bonchev–Trinajstić information content (AvgIpc) is 2.84. The number of aromatic nitrogens is 2. The van der Waals surface area contributed by atoms with E-state index in [1.54, 1.807) is 0 Å². The van der Waals surface area contributed by atoms with E-state index in [1.807, 2.05) is 32.0 Å². The van der Waals surface area contributed by atoms with Crippen molar-refractivity contribution in [2.45, 2.75) is 38.1 Å². The Bertz CT molecular complexity index is 601. The van der Waals surface area contributed by atoms with Crippen molar-refractivity contribution in [3.63, 3.8) is 0 Å². The Morgan fingerprint density at radius 3 is 2.95 bits per heavy atom. The van der Waals surface area contributed by atoms with Crippen molar-refractivity contribution in [2.75, 3.05) is 6.61 Å². The van der Waals surface area contributed by atoms with Gasteiger partial charge in [0.2, 0.25) is 5.89 Å². The largest absolute Gasteiger partial charge is 0.493 e. The second kappa shape index (κ2) is 4.90. The van der Waals surface area contributed by atoms with Crippen LogP contribution in [-0.4, -0.2) is 22.3 Å². The van der Waals surface area contributed by atoms with E-state index in [9.17, 15) is 0 Å². The van der Waals surface area contributed by atoms with Crippen LogP contribution < -0.4 is 10.5 Å². The van der Waals surface area contributed by atoms with Gasteiger partial charge in [-0.25, -0.2) is 0 Å². The van der Waals surface area contributed by atoms with Crippen LogP contribution in [0.3, 0.4) is 0 Å². The summed E-state index contributed by atoms with van der Waals surface area (Å²) in [5.41, 5.74) is 6.76. The fourth-order valence-electron chi connectivity index (χ4n) is 2.48. The minimum Gasteiger partial charge on any atom is -0.493 e.